The summed E-state index contributed by atoms with van der Waals surface area (Å²) in [6, 6.07) is 1.96. The van der Waals surface area contributed by atoms with Gasteiger partial charge in [-0.1, -0.05) is 13.8 Å². The topological polar surface area (TPSA) is 153 Å². The zero-order valence-corrected chi connectivity index (χ0v) is 20.3. The van der Waals surface area contributed by atoms with Crippen LogP contribution in [0.4, 0.5) is 5.00 Å². The molecule has 0 fully saturated rings. The van der Waals surface area contributed by atoms with Gasteiger partial charge in [0.2, 0.25) is 0 Å². The van der Waals surface area contributed by atoms with E-state index in [4.69, 9.17) is 13.9 Å². The second-order valence-electron chi connectivity index (χ2n) is 7.39. The van der Waals surface area contributed by atoms with Gasteiger partial charge < -0.3 is 29.8 Å². The monoisotopic (exact) mass is 493 g/mol. The van der Waals surface area contributed by atoms with Crippen molar-refractivity contribution in [3.05, 3.63) is 40.2 Å². The van der Waals surface area contributed by atoms with E-state index < -0.39 is 42.3 Å². The first-order valence-electron chi connectivity index (χ1n) is 10.4. The van der Waals surface area contributed by atoms with Gasteiger partial charge in [0.1, 0.15) is 11.0 Å². The molecule has 0 bridgehead atoms. The maximum absolute atomic E-state index is 12.5. The number of thiophene rings is 1. The quantitative estimate of drug-likeness (QED) is 0.426. The van der Waals surface area contributed by atoms with E-state index in [0.29, 0.717) is 5.56 Å². The maximum atomic E-state index is 12.5. The molecule has 2 aromatic heterocycles. The van der Waals surface area contributed by atoms with Gasteiger partial charge in [-0.15, -0.1) is 11.3 Å². The lowest BCUT2D eigenvalue weighted by Gasteiger charge is -2.20. The van der Waals surface area contributed by atoms with Crippen molar-refractivity contribution in [3.8, 4) is 0 Å². The lowest BCUT2D eigenvalue weighted by atomic mass is 10.0. The fourth-order valence-corrected chi connectivity index (χ4v) is 4.05. The molecule has 0 aliphatic carbocycles. The van der Waals surface area contributed by atoms with Gasteiger partial charge in [-0.05, 0) is 37.5 Å². The predicted molar refractivity (Wildman–Crippen MR) is 123 cm³/mol. The fourth-order valence-electron chi connectivity index (χ4n) is 2.89. The Kier molecular flexibility index (Phi) is 9.36. The highest BCUT2D eigenvalue weighted by molar-refractivity contribution is 7.18. The number of anilines is 1. The normalized spacial score (nSPS) is 11.5. The molecule has 184 valence electrons. The molecule has 0 aromatic carbocycles. The van der Waals surface area contributed by atoms with Crippen LogP contribution in [-0.2, 0) is 19.1 Å². The van der Waals surface area contributed by atoms with Gasteiger partial charge in [-0.25, -0.2) is 9.59 Å². The largest absolute Gasteiger partial charge is 0.462 e. The molecule has 0 aliphatic rings. The Morgan fingerprint density at radius 3 is 2.38 bits per heavy atom. The van der Waals surface area contributed by atoms with Crippen LogP contribution in [0.5, 0.6) is 0 Å². The number of hydrogen-bond donors (Lipinski definition) is 3. The number of carbonyl (C=O) groups is 5. The molecule has 0 spiro atoms. The average molecular weight is 494 g/mol. The van der Waals surface area contributed by atoms with Crippen LogP contribution in [0.2, 0.25) is 0 Å². The Bertz CT molecular complexity index is 1060. The average Bonchev–Trinajstić information content (AvgIpc) is 3.43. The molecule has 3 amide bonds. The van der Waals surface area contributed by atoms with Gasteiger partial charge >= 0.3 is 11.9 Å². The minimum absolute atomic E-state index is 0.0303. The van der Waals surface area contributed by atoms with Gasteiger partial charge in [-0.2, -0.15) is 0 Å². The van der Waals surface area contributed by atoms with E-state index in [1.54, 1.807) is 27.7 Å². The first-order valence-corrected chi connectivity index (χ1v) is 11.3. The summed E-state index contributed by atoms with van der Waals surface area (Å²) < 4.78 is 15.1. The fraction of sp³-hybridized carbons (Fsp3) is 0.409. The van der Waals surface area contributed by atoms with Crippen molar-refractivity contribution in [1.82, 2.24) is 10.6 Å². The van der Waals surface area contributed by atoms with E-state index in [1.165, 1.54) is 25.4 Å². The summed E-state index contributed by atoms with van der Waals surface area (Å²) in [7, 11) is 1.44. The molecular formula is C22H27N3O8S. The highest BCUT2D eigenvalue weighted by Gasteiger charge is 2.29. The summed E-state index contributed by atoms with van der Waals surface area (Å²) in [5.41, 5.74) is 0.409. The highest BCUT2D eigenvalue weighted by atomic mass is 32.1. The molecule has 0 unspecified atom stereocenters. The van der Waals surface area contributed by atoms with Crippen molar-refractivity contribution < 1.29 is 37.9 Å². The van der Waals surface area contributed by atoms with E-state index in [9.17, 15) is 24.0 Å². The van der Waals surface area contributed by atoms with Gasteiger partial charge in [0.15, 0.2) is 12.4 Å². The lowest BCUT2D eigenvalue weighted by Crippen LogP contribution is -2.45. The predicted octanol–water partition coefficient (Wildman–Crippen LogP) is 2.12. The molecule has 0 saturated carbocycles. The van der Waals surface area contributed by atoms with Crippen LogP contribution >= 0.6 is 11.3 Å². The molecule has 3 N–H and O–H groups in total. The summed E-state index contributed by atoms with van der Waals surface area (Å²) in [4.78, 5) is 61.9. The Balaban J connectivity index is 2.09. The Morgan fingerprint density at radius 2 is 1.82 bits per heavy atom. The summed E-state index contributed by atoms with van der Waals surface area (Å²) in [6.45, 7) is 6.04. The molecule has 2 aromatic rings. The van der Waals surface area contributed by atoms with Crippen molar-refractivity contribution in [2.45, 2.75) is 33.7 Å². The molecule has 12 heteroatoms. The van der Waals surface area contributed by atoms with Crippen molar-refractivity contribution in [1.29, 1.82) is 0 Å². The summed E-state index contributed by atoms with van der Waals surface area (Å²) in [5.74, 6) is -3.57. The third kappa shape index (κ3) is 6.44. The Hall–Kier alpha value is -3.67. The van der Waals surface area contributed by atoms with E-state index in [0.717, 1.165) is 11.3 Å². The summed E-state index contributed by atoms with van der Waals surface area (Å²) in [5, 5.41) is 7.58. The summed E-state index contributed by atoms with van der Waals surface area (Å²) in [6.07, 6.45) is 1.33. The molecule has 2 heterocycles. The maximum Gasteiger partial charge on any atom is 0.341 e. The number of carbonyl (C=O) groups excluding carboxylic acids is 5. The van der Waals surface area contributed by atoms with Gasteiger partial charge in [0.25, 0.3) is 17.7 Å². The van der Waals surface area contributed by atoms with Gasteiger partial charge in [0.05, 0.1) is 23.3 Å². The molecule has 11 nitrogen and oxygen atoms in total. The van der Waals surface area contributed by atoms with Crippen molar-refractivity contribution in [3.63, 3.8) is 0 Å². The van der Waals surface area contributed by atoms with Crippen LogP contribution in [-0.4, -0.2) is 56.0 Å². The zero-order valence-electron chi connectivity index (χ0n) is 19.5. The number of hydrogen-bond acceptors (Lipinski definition) is 9. The highest BCUT2D eigenvalue weighted by Crippen LogP contribution is 2.33. The number of nitrogens with one attached hydrogen (secondary N) is 3. The molecular weight excluding hydrogens is 466 g/mol. The van der Waals surface area contributed by atoms with Crippen LogP contribution < -0.4 is 16.0 Å². The van der Waals surface area contributed by atoms with Crippen molar-refractivity contribution in [2.24, 2.45) is 5.92 Å². The van der Waals surface area contributed by atoms with Crippen LogP contribution in [0.3, 0.4) is 0 Å². The van der Waals surface area contributed by atoms with E-state index in [2.05, 4.69) is 16.0 Å². The Morgan fingerprint density at radius 1 is 1.12 bits per heavy atom. The van der Waals surface area contributed by atoms with Crippen LogP contribution in [0.25, 0.3) is 0 Å². The van der Waals surface area contributed by atoms with Crippen LogP contribution in [0, 0.1) is 12.8 Å². The number of furan rings is 1. The zero-order chi connectivity index (χ0) is 25.4. The number of amides is 3. The third-order valence-corrected chi connectivity index (χ3v) is 5.82. The second kappa shape index (κ2) is 12.0. The molecule has 2 rings (SSSR count). The standard InChI is InChI=1S/C22H27N3O8S/c1-6-31-21(29)15-12(4)17(19(28)23-5)34-20(15)24-14(26)10-33-22(30)16(11(2)3)25-18(27)13-8-7-9-32-13/h7-9,11,16H,6,10H2,1-5H3,(H,23,28)(H,24,26)(H,25,27)/t16-/m0/s1. The van der Waals surface area contributed by atoms with Crippen LogP contribution in [0.15, 0.2) is 22.8 Å². The first-order chi connectivity index (χ1) is 16.1. The Labute approximate surface area is 200 Å². The minimum Gasteiger partial charge on any atom is -0.462 e. The van der Waals surface area contributed by atoms with E-state index in [1.807, 2.05) is 0 Å². The lowest BCUT2D eigenvalue weighted by molar-refractivity contribution is -0.150. The van der Waals surface area contributed by atoms with Crippen molar-refractivity contribution in [2.75, 3.05) is 25.6 Å². The molecule has 1 atom stereocenters. The summed E-state index contributed by atoms with van der Waals surface area (Å²) >= 11 is 0.901. The minimum atomic E-state index is -1.02. The second-order valence-corrected chi connectivity index (χ2v) is 8.41. The molecule has 0 radical (unpaired) electrons. The molecule has 0 saturated heterocycles. The number of ether oxygens (including phenoxy) is 2. The van der Waals surface area contributed by atoms with E-state index >= 15 is 0 Å². The number of rotatable bonds is 10. The molecule has 0 aliphatic heterocycles. The third-order valence-electron chi connectivity index (χ3n) is 4.61. The SMILES string of the molecule is CCOC(=O)c1c(NC(=O)COC(=O)[C@@H](NC(=O)c2ccco2)C(C)C)sc(C(=O)NC)c1C. The van der Waals surface area contributed by atoms with Crippen molar-refractivity contribution >= 4 is 46.0 Å². The van der Waals surface area contributed by atoms with Gasteiger partial charge in [0, 0.05) is 7.05 Å². The van der Waals surface area contributed by atoms with Gasteiger partial charge in [-0.3, -0.25) is 14.4 Å². The smallest absolute Gasteiger partial charge is 0.341 e. The van der Waals surface area contributed by atoms with E-state index in [-0.39, 0.29) is 33.7 Å². The number of esters is 2. The molecule has 34 heavy (non-hydrogen) atoms. The first kappa shape index (κ1) is 26.6. The van der Waals surface area contributed by atoms with Crippen LogP contribution in [0.1, 0.15) is 56.9 Å².